The third-order valence-corrected chi connectivity index (χ3v) is 3.18. The number of rotatable bonds is 4. The zero-order chi connectivity index (χ0) is 14.4. The van der Waals surface area contributed by atoms with Crippen molar-refractivity contribution in [2.75, 3.05) is 11.9 Å². The fourth-order valence-electron chi connectivity index (χ4n) is 1.71. The molecule has 0 bridgehead atoms. The van der Waals surface area contributed by atoms with E-state index in [0.717, 1.165) is 17.7 Å². The Morgan fingerprint density at radius 2 is 1.90 bits per heavy atom. The predicted molar refractivity (Wildman–Crippen MR) is 85.8 cm³/mol. The molecule has 2 N–H and O–H groups in total. The van der Waals surface area contributed by atoms with E-state index in [1.807, 2.05) is 12.1 Å². The molecule has 0 aliphatic carbocycles. The van der Waals surface area contributed by atoms with E-state index in [1.165, 1.54) is 12.1 Å². The van der Waals surface area contributed by atoms with Gasteiger partial charge in [0.2, 0.25) is 0 Å². The minimum atomic E-state index is -0.222. The van der Waals surface area contributed by atoms with Crippen LogP contribution >= 0.6 is 23.8 Å². The molecule has 0 aromatic heterocycles. The fraction of sp³-hybridized carbons (Fsp3) is 0.133. The van der Waals surface area contributed by atoms with E-state index in [1.54, 1.807) is 24.3 Å². The monoisotopic (exact) mass is 308 g/mol. The molecule has 0 spiro atoms. The molecule has 5 heteroatoms. The van der Waals surface area contributed by atoms with Crippen molar-refractivity contribution in [2.24, 2.45) is 0 Å². The highest BCUT2D eigenvalue weighted by Gasteiger charge is 1.99. The molecular weight excluding hydrogens is 295 g/mol. The zero-order valence-corrected chi connectivity index (χ0v) is 12.3. The first-order chi connectivity index (χ1) is 9.63. The normalized spacial score (nSPS) is 10.1. The van der Waals surface area contributed by atoms with Gasteiger partial charge in [-0.1, -0.05) is 29.8 Å². The number of hydrogen-bond acceptors (Lipinski definition) is 1. The maximum absolute atomic E-state index is 12.8. The highest BCUT2D eigenvalue weighted by atomic mass is 35.5. The lowest BCUT2D eigenvalue weighted by Gasteiger charge is -2.10. The van der Waals surface area contributed by atoms with Gasteiger partial charge in [0.25, 0.3) is 0 Å². The van der Waals surface area contributed by atoms with Gasteiger partial charge < -0.3 is 10.6 Å². The SMILES string of the molecule is Fc1ccc(CCNC(=S)Nc2cccc(Cl)c2)cc1. The molecule has 2 rings (SSSR count). The largest absolute Gasteiger partial charge is 0.362 e. The Hall–Kier alpha value is -1.65. The van der Waals surface area contributed by atoms with Crippen molar-refractivity contribution in [1.29, 1.82) is 0 Å². The van der Waals surface area contributed by atoms with Crippen LogP contribution in [0.3, 0.4) is 0 Å². The van der Waals surface area contributed by atoms with Crippen molar-refractivity contribution < 1.29 is 4.39 Å². The Kier molecular flexibility index (Phi) is 5.32. The minimum absolute atomic E-state index is 0.222. The molecule has 0 heterocycles. The minimum Gasteiger partial charge on any atom is -0.362 e. The van der Waals surface area contributed by atoms with Gasteiger partial charge in [0.1, 0.15) is 5.82 Å². The third kappa shape index (κ3) is 4.79. The van der Waals surface area contributed by atoms with Crippen LogP contribution in [-0.4, -0.2) is 11.7 Å². The van der Waals surface area contributed by atoms with Crippen LogP contribution < -0.4 is 10.6 Å². The molecular formula is C15H14ClFN2S. The van der Waals surface area contributed by atoms with Crippen LogP contribution in [0.25, 0.3) is 0 Å². The van der Waals surface area contributed by atoms with Gasteiger partial charge in [0.15, 0.2) is 5.11 Å². The van der Waals surface area contributed by atoms with Crippen LogP contribution in [-0.2, 0) is 6.42 Å². The Morgan fingerprint density at radius 1 is 1.15 bits per heavy atom. The summed E-state index contributed by atoms with van der Waals surface area (Å²) in [4.78, 5) is 0. The van der Waals surface area contributed by atoms with Crippen molar-refractivity contribution in [1.82, 2.24) is 5.32 Å². The van der Waals surface area contributed by atoms with E-state index in [9.17, 15) is 4.39 Å². The first kappa shape index (κ1) is 14.8. The molecule has 20 heavy (non-hydrogen) atoms. The fourth-order valence-corrected chi connectivity index (χ4v) is 2.12. The second-order valence-corrected chi connectivity index (χ2v) is 5.11. The first-order valence-corrected chi connectivity index (χ1v) is 6.97. The summed E-state index contributed by atoms with van der Waals surface area (Å²) in [5.41, 5.74) is 1.90. The molecule has 0 atom stereocenters. The lowest BCUT2D eigenvalue weighted by molar-refractivity contribution is 0.627. The van der Waals surface area contributed by atoms with Gasteiger partial charge >= 0.3 is 0 Å². The molecule has 0 amide bonds. The molecule has 0 fully saturated rings. The number of thiocarbonyl (C=S) groups is 1. The Balaban J connectivity index is 1.76. The maximum Gasteiger partial charge on any atom is 0.170 e. The van der Waals surface area contributed by atoms with Crippen LogP contribution in [0.15, 0.2) is 48.5 Å². The summed E-state index contributed by atoms with van der Waals surface area (Å²) >= 11 is 11.1. The van der Waals surface area contributed by atoms with E-state index in [-0.39, 0.29) is 5.82 Å². The van der Waals surface area contributed by atoms with Crippen molar-refractivity contribution in [2.45, 2.75) is 6.42 Å². The number of nitrogens with one attached hydrogen (secondary N) is 2. The van der Waals surface area contributed by atoms with Gasteiger partial charge in [0, 0.05) is 17.3 Å². The average molecular weight is 309 g/mol. The number of hydrogen-bond donors (Lipinski definition) is 2. The van der Waals surface area contributed by atoms with Crippen molar-refractivity contribution in [3.63, 3.8) is 0 Å². The zero-order valence-electron chi connectivity index (χ0n) is 10.7. The van der Waals surface area contributed by atoms with Gasteiger partial charge in [-0.2, -0.15) is 0 Å². The lowest BCUT2D eigenvalue weighted by Crippen LogP contribution is -2.30. The topological polar surface area (TPSA) is 24.1 Å². The van der Waals surface area contributed by atoms with Gasteiger partial charge in [-0.25, -0.2) is 4.39 Å². The van der Waals surface area contributed by atoms with E-state index in [2.05, 4.69) is 10.6 Å². The van der Waals surface area contributed by atoms with E-state index in [4.69, 9.17) is 23.8 Å². The van der Waals surface area contributed by atoms with Crippen molar-refractivity contribution in [3.8, 4) is 0 Å². The Bertz CT molecular complexity index is 587. The molecule has 0 unspecified atom stereocenters. The summed E-state index contributed by atoms with van der Waals surface area (Å²) in [5.74, 6) is -0.222. The molecule has 0 saturated heterocycles. The first-order valence-electron chi connectivity index (χ1n) is 6.18. The third-order valence-electron chi connectivity index (χ3n) is 2.69. The van der Waals surface area contributed by atoms with Gasteiger partial charge in [-0.05, 0) is 54.5 Å². The maximum atomic E-state index is 12.8. The van der Waals surface area contributed by atoms with Gasteiger partial charge in [-0.15, -0.1) is 0 Å². The average Bonchev–Trinajstić information content (AvgIpc) is 2.41. The van der Waals surface area contributed by atoms with E-state index < -0.39 is 0 Å². The standard InChI is InChI=1S/C15H14ClFN2S/c16-12-2-1-3-14(10-12)19-15(20)18-9-8-11-4-6-13(17)7-5-11/h1-7,10H,8-9H2,(H2,18,19,20). The number of anilines is 1. The molecule has 0 saturated carbocycles. The molecule has 0 radical (unpaired) electrons. The predicted octanol–water partition coefficient (Wildman–Crippen LogP) is 4.01. The second-order valence-electron chi connectivity index (χ2n) is 4.27. The van der Waals surface area contributed by atoms with Crippen molar-refractivity contribution >= 4 is 34.6 Å². The van der Waals surface area contributed by atoms with Gasteiger partial charge in [-0.3, -0.25) is 0 Å². The Labute approximate surface area is 128 Å². The van der Waals surface area contributed by atoms with Crippen LogP contribution in [0.5, 0.6) is 0 Å². The van der Waals surface area contributed by atoms with Crippen LogP contribution in [0.1, 0.15) is 5.56 Å². The molecule has 0 aliphatic rings. The summed E-state index contributed by atoms with van der Waals surface area (Å²) in [6.45, 7) is 0.679. The summed E-state index contributed by atoms with van der Waals surface area (Å²) in [7, 11) is 0. The lowest BCUT2D eigenvalue weighted by atomic mass is 10.1. The van der Waals surface area contributed by atoms with Crippen LogP contribution in [0.2, 0.25) is 5.02 Å². The quantitative estimate of drug-likeness (QED) is 0.835. The molecule has 0 aliphatic heterocycles. The smallest absolute Gasteiger partial charge is 0.170 e. The molecule has 104 valence electrons. The summed E-state index contributed by atoms with van der Waals surface area (Å²) < 4.78 is 12.8. The molecule has 2 aromatic carbocycles. The molecule has 2 aromatic rings. The summed E-state index contributed by atoms with van der Waals surface area (Å²) in [6.07, 6.45) is 0.775. The van der Waals surface area contributed by atoms with Crippen LogP contribution in [0, 0.1) is 5.82 Å². The van der Waals surface area contributed by atoms with E-state index >= 15 is 0 Å². The summed E-state index contributed by atoms with van der Waals surface area (Å²) in [6, 6.07) is 13.8. The highest BCUT2D eigenvalue weighted by Crippen LogP contribution is 2.14. The van der Waals surface area contributed by atoms with Gasteiger partial charge in [0.05, 0.1) is 0 Å². The van der Waals surface area contributed by atoms with Crippen LogP contribution in [0.4, 0.5) is 10.1 Å². The highest BCUT2D eigenvalue weighted by molar-refractivity contribution is 7.80. The Morgan fingerprint density at radius 3 is 2.60 bits per heavy atom. The number of halogens is 2. The number of benzene rings is 2. The second kappa shape index (κ2) is 7.22. The van der Waals surface area contributed by atoms with E-state index in [0.29, 0.717) is 16.7 Å². The van der Waals surface area contributed by atoms with Crippen molar-refractivity contribution in [3.05, 3.63) is 64.9 Å². The molecule has 2 nitrogen and oxygen atoms in total. The summed E-state index contributed by atoms with van der Waals surface area (Å²) in [5, 5.41) is 7.34.